The zero-order chi connectivity index (χ0) is 6.57. The SMILES string of the molecule is O=C(CO)O[SH](=O)=O. The van der Waals surface area contributed by atoms with Crippen molar-refractivity contribution >= 4 is 17.0 Å². The van der Waals surface area contributed by atoms with Gasteiger partial charge in [0, 0.05) is 0 Å². The minimum Gasteiger partial charge on any atom is -0.385 e. The van der Waals surface area contributed by atoms with Gasteiger partial charge in [0.15, 0.2) is 0 Å². The maximum atomic E-state index is 9.77. The first-order valence-electron chi connectivity index (χ1n) is 1.63. The summed E-state index contributed by atoms with van der Waals surface area (Å²) in [6, 6.07) is 0. The molecule has 8 heavy (non-hydrogen) atoms. The minimum atomic E-state index is -3.16. The standard InChI is InChI=1S/C2H4O5S/c3-1-2(4)7-8(5)6/h3,8H,1H2. The van der Waals surface area contributed by atoms with Gasteiger partial charge in [-0.1, -0.05) is 0 Å². The van der Waals surface area contributed by atoms with E-state index in [-0.39, 0.29) is 0 Å². The molecule has 0 aromatic heterocycles. The highest BCUT2D eigenvalue weighted by molar-refractivity contribution is 7.67. The van der Waals surface area contributed by atoms with Crippen LogP contribution in [0, 0.1) is 0 Å². The maximum Gasteiger partial charge on any atom is 0.347 e. The summed E-state index contributed by atoms with van der Waals surface area (Å²) in [6.07, 6.45) is 0. The Kier molecular flexibility index (Phi) is 3.13. The van der Waals surface area contributed by atoms with Crippen molar-refractivity contribution in [2.75, 3.05) is 6.61 Å². The third-order valence-electron chi connectivity index (χ3n) is 0.305. The molecule has 0 atom stereocenters. The number of rotatable bonds is 2. The highest BCUT2D eigenvalue weighted by Crippen LogP contribution is 1.72. The van der Waals surface area contributed by atoms with E-state index in [1.807, 2.05) is 0 Å². The molecule has 0 bridgehead atoms. The number of aliphatic hydroxyl groups excluding tert-OH is 1. The molecule has 0 aromatic carbocycles. The number of hydrogen-bond donors (Lipinski definition) is 2. The Morgan fingerprint density at radius 1 is 1.62 bits per heavy atom. The highest BCUT2D eigenvalue weighted by atomic mass is 32.2. The molecule has 0 fully saturated rings. The highest BCUT2D eigenvalue weighted by Gasteiger charge is 1.97. The van der Waals surface area contributed by atoms with Gasteiger partial charge in [0.1, 0.15) is 6.61 Å². The first-order chi connectivity index (χ1) is 3.66. The topological polar surface area (TPSA) is 80.7 Å². The summed E-state index contributed by atoms with van der Waals surface area (Å²) in [5, 5.41) is 7.84. The maximum absolute atomic E-state index is 9.77. The molecule has 0 spiro atoms. The lowest BCUT2D eigenvalue weighted by Crippen LogP contribution is -2.06. The Balaban J connectivity index is 3.56. The molecular weight excluding hydrogens is 136 g/mol. The zero-order valence-electron chi connectivity index (χ0n) is 3.73. The Morgan fingerprint density at radius 3 is 2.25 bits per heavy atom. The van der Waals surface area contributed by atoms with Gasteiger partial charge >= 0.3 is 17.0 Å². The fraction of sp³-hybridized carbons (Fsp3) is 0.500. The van der Waals surface area contributed by atoms with Crippen LogP contribution in [0.5, 0.6) is 0 Å². The van der Waals surface area contributed by atoms with Crippen LogP contribution in [0.25, 0.3) is 0 Å². The fourth-order valence-corrected chi connectivity index (χ4v) is 0.336. The Morgan fingerprint density at radius 2 is 2.12 bits per heavy atom. The van der Waals surface area contributed by atoms with Crippen molar-refractivity contribution in [3.63, 3.8) is 0 Å². The van der Waals surface area contributed by atoms with Crippen molar-refractivity contribution in [2.45, 2.75) is 0 Å². The summed E-state index contributed by atoms with van der Waals surface area (Å²) in [7, 11) is -3.16. The van der Waals surface area contributed by atoms with Gasteiger partial charge in [0.05, 0.1) is 0 Å². The van der Waals surface area contributed by atoms with Crippen LogP contribution in [0.4, 0.5) is 0 Å². The summed E-state index contributed by atoms with van der Waals surface area (Å²) in [5.74, 6) is -1.17. The van der Waals surface area contributed by atoms with Crippen molar-refractivity contribution < 1.29 is 22.5 Å². The predicted octanol–water partition coefficient (Wildman–Crippen LogP) is -1.95. The first-order valence-corrected chi connectivity index (χ1v) is 2.72. The van der Waals surface area contributed by atoms with Gasteiger partial charge in [0.25, 0.3) is 0 Å². The quantitative estimate of drug-likeness (QED) is 0.436. The van der Waals surface area contributed by atoms with Crippen LogP contribution in [0.2, 0.25) is 0 Å². The van der Waals surface area contributed by atoms with E-state index < -0.39 is 23.6 Å². The fourth-order valence-electron chi connectivity index (χ4n) is 0.112. The molecule has 0 aliphatic rings. The molecule has 0 radical (unpaired) electrons. The number of aliphatic hydroxyl groups is 1. The largest absolute Gasteiger partial charge is 0.385 e. The molecule has 0 aliphatic heterocycles. The molecule has 1 N–H and O–H groups in total. The summed E-state index contributed by atoms with van der Waals surface area (Å²) >= 11 is 0. The van der Waals surface area contributed by atoms with Crippen LogP contribution < -0.4 is 0 Å². The second kappa shape index (κ2) is 3.39. The minimum absolute atomic E-state index is 0.913. The molecule has 0 aliphatic carbocycles. The van der Waals surface area contributed by atoms with E-state index in [0.717, 1.165) is 0 Å². The van der Waals surface area contributed by atoms with Crippen molar-refractivity contribution in [1.82, 2.24) is 0 Å². The second-order valence-electron chi connectivity index (χ2n) is 0.845. The average Bonchev–Trinajstić information content (AvgIpc) is 1.65. The molecule has 0 saturated heterocycles. The van der Waals surface area contributed by atoms with Gasteiger partial charge in [-0.2, -0.15) is 8.42 Å². The van der Waals surface area contributed by atoms with Crippen LogP contribution in [0.15, 0.2) is 0 Å². The average molecular weight is 140 g/mol. The normalized spacial score (nSPS) is 9.25. The van der Waals surface area contributed by atoms with Gasteiger partial charge in [-0.3, -0.25) is 0 Å². The van der Waals surface area contributed by atoms with Crippen molar-refractivity contribution in [3.05, 3.63) is 0 Å². The molecule has 0 amide bonds. The van der Waals surface area contributed by atoms with E-state index in [9.17, 15) is 13.2 Å². The number of carbonyl (C=O) groups excluding carboxylic acids is 1. The third kappa shape index (κ3) is 3.57. The molecule has 0 aromatic rings. The third-order valence-corrected chi connectivity index (χ3v) is 0.658. The molecule has 0 rings (SSSR count). The summed E-state index contributed by atoms with van der Waals surface area (Å²) in [6.45, 7) is -0.913. The summed E-state index contributed by atoms with van der Waals surface area (Å²) < 4.78 is 22.4. The van der Waals surface area contributed by atoms with Gasteiger partial charge < -0.3 is 9.29 Å². The van der Waals surface area contributed by atoms with Crippen LogP contribution in [-0.2, 0) is 20.0 Å². The number of thiol groups is 1. The zero-order valence-corrected chi connectivity index (χ0v) is 4.63. The van der Waals surface area contributed by atoms with E-state index in [4.69, 9.17) is 5.11 Å². The number of hydrogen-bond acceptors (Lipinski definition) is 5. The molecule has 48 valence electrons. The predicted molar refractivity (Wildman–Crippen MR) is 23.5 cm³/mol. The smallest absolute Gasteiger partial charge is 0.347 e. The number of carbonyl (C=O) groups is 1. The second-order valence-corrected chi connectivity index (χ2v) is 1.47. The van der Waals surface area contributed by atoms with E-state index in [1.54, 1.807) is 0 Å². The first kappa shape index (κ1) is 7.38. The van der Waals surface area contributed by atoms with Crippen LogP contribution in [-0.4, -0.2) is 26.1 Å². The molecule has 0 unspecified atom stereocenters. The lowest BCUT2D eigenvalue weighted by Gasteiger charge is -1.86. The monoisotopic (exact) mass is 140 g/mol. The molecule has 0 heterocycles. The molecule has 5 nitrogen and oxygen atoms in total. The van der Waals surface area contributed by atoms with Crippen molar-refractivity contribution in [2.24, 2.45) is 0 Å². The molecular formula is C2H4O5S. The van der Waals surface area contributed by atoms with Crippen molar-refractivity contribution in [1.29, 1.82) is 0 Å². The van der Waals surface area contributed by atoms with Gasteiger partial charge in [0.2, 0.25) is 0 Å². The van der Waals surface area contributed by atoms with E-state index >= 15 is 0 Å². The summed E-state index contributed by atoms with van der Waals surface area (Å²) in [5.41, 5.74) is 0. The van der Waals surface area contributed by atoms with Crippen molar-refractivity contribution in [3.8, 4) is 0 Å². The van der Waals surface area contributed by atoms with Gasteiger partial charge in [-0.05, 0) is 0 Å². The van der Waals surface area contributed by atoms with Gasteiger partial charge in [-0.25, -0.2) is 4.79 Å². The van der Waals surface area contributed by atoms with E-state index in [2.05, 4.69) is 4.18 Å². The lowest BCUT2D eigenvalue weighted by molar-refractivity contribution is -0.136. The summed E-state index contributed by atoms with van der Waals surface area (Å²) in [4.78, 5) is 9.77. The van der Waals surface area contributed by atoms with Crippen LogP contribution in [0.3, 0.4) is 0 Å². The Bertz CT molecular complexity index is 139. The molecule has 6 heteroatoms. The van der Waals surface area contributed by atoms with Gasteiger partial charge in [-0.15, -0.1) is 0 Å². The van der Waals surface area contributed by atoms with Crippen LogP contribution in [0.1, 0.15) is 0 Å². The van der Waals surface area contributed by atoms with E-state index in [1.165, 1.54) is 0 Å². The Hall–Kier alpha value is -0.620. The van der Waals surface area contributed by atoms with Crippen LogP contribution >= 0.6 is 0 Å². The Labute approximate surface area is 47.0 Å². The molecule has 0 saturated carbocycles. The lowest BCUT2D eigenvalue weighted by atomic mass is 10.8. The van der Waals surface area contributed by atoms with E-state index in [0.29, 0.717) is 0 Å².